The average molecular weight is 235 g/mol. The van der Waals surface area contributed by atoms with E-state index >= 15 is 0 Å². The number of hydrogen-bond acceptors (Lipinski definition) is 3. The summed E-state index contributed by atoms with van der Waals surface area (Å²) in [5.74, 6) is 0.566. The van der Waals surface area contributed by atoms with Crippen LogP contribution < -0.4 is 11.4 Å². The first-order valence-electron chi connectivity index (χ1n) is 6.45. The molecule has 2 N–H and O–H groups in total. The van der Waals surface area contributed by atoms with Gasteiger partial charge in [-0.1, -0.05) is 19.3 Å². The zero-order valence-electron chi connectivity index (χ0n) is 10.4. The van der Waals surface area contributed by atoms with E-state index < -0.39 is 0 Å². The van der Waals surface area contributed by atoms with E-state index in [9.17, 15) is 4.79 Å². The number of aryl methyl sites for hydroxylation is 1. The lowest BCUT2D eigenvalue weighted by Crippen LogP contribution is -2.39. The number of aromatic nitrogens is 2. The molecule has 1 heterocycles. The molecule has 17 heavy (non-hydrogen) atoms. The van der Waals surface area contributed by atoms with Gasteiger partial charge in [-0.05, 0) is 31.2 Å². The Morgan fingerprint density at radius 3 is 2.88 bits per heavy atom. The van der Waals surface area contributed by atoms with E-state index in [0.717, 1.165) is 5.56 Å². The first kappa shape index (κ1) is 12.3. The van der Waals surface area contributed by atoms with Crippen LogP contribution in [-0.2, 0) is 6.54 Å². The minimum absolute atomic E-state index is 0.0802. The summed E-state index contributed by atoms with van der Waals surface area (Å²) in [5, 5.41) is 0. The Morgan fingerprint density at radius 2 is 2.18 bits per heavy atom. The first-order valence-corrected chi connectivity index (χ1v) is 6.45. The molecule has 1 fully saturated rings. The van der Waals surface area contributed by atoms with Gasteiger partial charge >= 0.3 is 5.69 Å². The summed E-state index contributed by atoms with van der Waals surface area (Å²) in [7, 11) is 0. The highest BCUT2D eigenvalue weighted by atomic mass is 16.1. The molecule has 0 aliphatic heterocycles. The van der Waals surface area contributed by atoms with Crippen molar-refractivity contribution < 1.29 is 0 Å². The molecule has 1 aromatic heterocycles. The molecule has 4 nitrogen and oxygen atoms in total. The molecule has 2 rings (SSSR count). The molecule has 1 atom stereocenters. The van der Waals surface area contributed by atoms with E-state index in [1.807, 2.05) is 13.1 Å². The Labute approximate surface area is 102 Å². The maximum Gasteiger partial charge on any atom is 0.347 e. The topological polar surface area (TPSA) is 60.9 Å². The zero-order valence-corrected chi connectivity index (χ0v) is 10.4. The fourth-order valence-corrected chi connectivity index (χ4v) is 2.63. The summed E-state index contributed by atoms with van der Waals surface area (Å²) in [4.78, 5) is 15.4. The molecule has 1 saturated carbocycles. The van der Waals surface area contributed by atoms with Gasteiger partial charge in [-0.15, -0.1) is 0 Å². The van der Waals surface area contributed by atoms with Gasteiger partial charge in [-0.2, -0.15) is 0 Å². The van der Waals surface area contributed by atoms with Gasteiger partial charge in [-0.25, -0.2) is 9.78 Å². The maximum atomic E-state index is 11.6. The minimum Gasteiger partial charge on any atom is -0.326 e. The van der Waals surface area contributed by atoms with Crippen molar-refractivity contribution in [1.82, 2.24) is 9.55 Å². The SMILES string of the molecule is Cc1cnc(=O)n(CC(N)C2CCCCC2)c1. The third kappa shape index (κ3) is 3.16. The van der Waals surface area contributed by atoms with Crippen LogP contribution in [0.5, 0.6) is 0 Å². The summed E-state index contributed by atoms with van der Waals surface area (Å²) >= 11 is 0. The van der Waals surface area contributed by atoms with Gasteiger partial charge < -0.3 is 5.73 Å². The summed E-state index contributed by atoms with van der Waals surface area (Å²) in [6, 6.07) is 0.0802. The Hall–Kier alpha value is -1.16. The molecular weight excluding hydrogens is 214 g/mol. The molecule has 0 radical (unpaired) electrons. The van der Waals surface area contributed by atoms with Crippen molar-refractivity contribution in [1.29, 1.82) is 0 Å². The lowest BCUT2D eigenvalue weighted by Gasteiger charge is -2.27. The Kier molecular flexibility index (Phi) is 3.94. The van der Waals surface area contributed by atoms with Gasteiger partial charge in [0.05, 0.1) is 0 Å². The van der Waals surface area contributed by atoms with Gasteiger partial charge in [0.15, 0.2) is 0 Å². The van der Waals surface area contributed by atoms with Crippen LogP contribution in [0.2, 0.25) is 0 Å². The van der Waals surface area contributed by atoms with Gasteiger partial charge in [-0.3, -0.25) is 4.57 Å². The highest BCUT2D eigenvalue weighted by Crippen LogP contribution is 2.25. The van der Waals surface area contributed by atoms with Crippen molar-refractivity contribution in [3.63, 3.8) is 0 Å². The molecule has 0 bridgehead atoms. The third-order valence-corrected chi connectivity index (χ3v) is 3.65. The maximum absolute atomic E-state index is 11.6. The van der Waals surface area contributed by atoms with Crippen LogP contribution >= 0.6 is 0 Å². The van der Waals surface area contributed by atoms with E-state index in [1.54, 1.807) is 10.8 Å². The van der Waals surface area contributed by atoms with Crippen LogP contribution in [0.4, 0.5) is 0 Å². The summed E-state index contributed by atoms with van der Waals surface area (Å²) < 4.78 is 1.65. The average Bonchev–Trinajstić information content (AvgIpc) is 2.35. The second-order valence-corrected chi connectivity index (χ2v) is 5.13. The van der Waals surface area contributed by atoms with Gasteiger partial charge in [0, 0.05) is 25.0 Å². The molecule has 1 aliphatic carbocycles. The van der Waals surface area contributed by atoms with Gasteiger partial charge in [0.25, 0.3) is 0 Å². The molecule has 0 spiro atoms. The molecule has 1 unspecified atom stereocenters. The van der Waals surface area contributed by atoms with Crippen molar-refractivity contribution >= 4 is 0 Å². The fraction of sp³-hybridized carbons (Fsp3) is 0.692. The Bertz CT molecular complexity index is 421. The van der Waals surface area contributed by atoms with Gasteiger partial charge in [0.1, 0.15) is 0 Å². The Balaban J connectivity index is 2.04. The van der Waals surface area contributed by atoms with Crippen LogP contribution in [0.1, 0.15) is 37.7 Å². The summed E-state index contributed by atoms with van der Waals surface area (Å²) in [6.45, 7) is 2.53. The summed E-state index contributed by atoms with van der Waals surface area (Å²) in [6.07, 6.45) is 9.74. The third-order valence-electron chi connectivity index (χ3n) is 3.65. The largest absolute Gasteiger partial charge is 0.347 e. The molecule has 0 saturated heterocycles. The van der Waals surface area contributed by atoms with Crippen molar-refractivity contribution in [3.05, 3.63) is 28.4 Å². The minimum atomic E-state index is -0.193. The monoisotopic (exact) mass is 235 g/mol. The number of rotatable bonds is 3. The standard InChI is InChI=1S/C13H21N3O/c1-10-7-15-13(17)16(8-10)9-12(14)11-5-3-2-4-6-11/h7-8,11-12H,2-6,9,14H2,1H3. The highest BCUT2D eigenvalue weighted by Gasteiger charge is 2.21. The van der Waals surface area contributed by atoms with Crippen LogP contribution in [0, 0.1) is 12.8 Å². The van der Waals surface area contributed by atoms with Gasteiger partial charge in [0.2, 0.25) is 0 Å². The second kappa shape index (κ2) is 5.45. The molecule has 94 valence electrons. The van der Waals surface area contributed by atoms with E-state index in [0.29, 0.717) is 12.5 Å². The second-order valence-electron chi connectivity index (χ2n) is 5.13. The quantitative estimate of drug-likeness (QED) is 0.862. The lowest BCUT2D eigenvalue weighted by atomic mass is 9.84. The first-order chi connectivity index (χ1) is 8.16. The van der Waals surface area contributed by atoms with Crippen LogP contribution in [0.15, 0.2) is 17.2 Å². The van der Waals surface area contributed by atoms with Crippen LogP contribution in [0.25, 0.3) is 0 Å². The molecule has 4 heteroatoms. The predicted molar refractivity (Wildman–Crippen MR) is 67.8 cm³/mol. The molecule has 1 aliphatic rings. The number of nitrogens with two attached hydrogens (primary N) is 1. The lowest BCUT2D eigenvalue weighted by molar-refractivity contribution is 0.282. The van der Waals surface area contributed by atoms with E-state index in [-0.39, 0.29) is 11.7 Å². The molecule has 0 aromatic carbocycles. The van der Waals surface area contributed by atoms with Crippen molar-refractivity contribution in [2.75, 3.05) is 0 Å². The predicted octanol–water partition coefficient (Wildman–Crippen LogP) is 1.46. The summed E-state index contributed by atoms with van der Waals surface area (Å²) in [5.41, 5.74) is 7.02. The fourth-order valence-electron chi connectivity index (χ4n) is 2.63. The van der Waals surface area contributed by atoms with E-state index in [4.69, 9.17) is 5.73 Å². The van der Waals surface area contributed by atoms with E-state index in [1.165, 1.54) is 32.1 Å². The zero-order chi connectivity index (χ0) is 12.3. The van der Waals surface area contributed by atoms with Crippen molar-refractivity contribution in [2.24, 2.45) is 11.7 Å². The van der Waals surface area contributed by atoms with Crippen LogP contribution in [0.3, 0.4) is 0 Å². The molecule has 0 amide bonds. The molecule has 1 aromatic rings. The highest BCUT2D eigenvalue weighted by molar-refractivity contribution is 5.00. The van der Waals surface area contributed by atoms with Crippen molar-refractivity contribution in [2.45, 2.75) is 51.6 Å². The number of hydrogen-bond donors (Lipinski definition) is 1. The smallest absolute Gasteiger partial charge is 0.326 e. The van der Waals surface area contributed by atoms with Crippen LogP contribution in [-0.4, -0.2) is 15.6 Å². The van der Waals surface area contributed by atoms with Crippen molar-refractivity contribution in [3.8, 4) is 0 Å². The Morgan fingerprint density at radius 1 is 1.47 bits per heavy atom. The normalized spacial score (nSPS) is 19.2. The molecular formula is C13H21N3O. The van der Waals surface area contributed by atoms with E-state index in [2.05, 4.69) is 4.98 Å². The number of nitrogens with zero attached hydrogens (tertiary/aromatic N) is 2.